The highest BCUT2D eigenvalue weighted by Gasteiger charge is 2.36. The molecule has 0 amide bonds. The summed E-state index contributed by atoms with van der Waals surface area (Å²) in [4.78, 5) is 24.3. The van der Waals surface area contributed by atoms with E-state index in [0.29, 0.717) is 17.0 Å². The van der Waals surface area contributed by atoms with Gasteiger partial charge < -0.3 is 14.4 Å². The maximum atomic E-state index is 13.3. The van der Waals surface area contributed by atoms with Crippen molar-refractivity contribution in [2.45, 2.75) is 12.0 Å². The first-order valence-corrected chi connectivity index (χ1v) is 8.66. The summed E-state index contributed by atoms with van der Waals surface area (Å²) in [6, 6.07) is 8.79. The first-order valence-electron chi connectivity index (χ1n) is 8.66. The largest absolute Gasteiger partial charge is 0.345 e. The number of aromatic amines is 1. The van der Waals surface area contributed by atoms with Crippen molar-refractivity contribution in [3.8, 4) is 0 Å². The predicted octanol–water partition coefficient (Wildman–Crippen LogP) is 1.93. The minimum atomic E-state index is -0.231. The number of anilines is 1. The van der Waals surface area contributed by atoms with E-state index in [9.17, 15) is 9.18 Å². The molecule has 3 aromatic rings. The average molecular weight is 355 g/mol. The van der Waals surface area contributed by atoms with Crippen LogP contribution in [0.15, 0.2) is 41.3 Å². The maximum absolute atomic E-state index is 13.3. The highest BCUT2D eigenvalue weighted by molar-refractivity contribution is 5.75. The number of benzene rings is 1. The Balaban J connectivity index is 1.70. The fraction of sp³-hybridized carbons (Fsp3) is 0.368. The van der Waals surface area contributed by atoms with Crippen LogP contribution in [0.3, 0.4) is 0 Å². The fourth-order valence-corrected chi connectivity index (χ4v) is 3.86. The lowest BCUT2D eigenvalue weighted by Gasteiger charge is -2.25. The molecule has 2 aromatic heterocycles. The number of aryl methyl sites for hydroxylation is 1. The lowest BCUT2D eigenvalue weighted by atomic mass is 9.94. The Morgan fingerprint density at radius 3 is 2.62 bits per heavy atom. The number of hydrogen-bond acceptors (Lipinski definition) is 4. The maximum Gasteiger partial charge on any atom is 0.276 e. The van der Waals surface area contributed by atoms with Gasteiger partial charge in [0.1, 0.15) is 11.3 Å². The Morgan fingerprint density at radius 2 is 1.92 bits per heavy atom. The van der Waals surface area contributed by atoms with Gasteiger partial charge in [-0.3, -0.25) is 9.78 Å². The zero-order valence-corrected chi connectivity index (χ0v) is 15.1. The molecule has 2 atom stereocenters. The topological polar surface area (TPSA) is 57.2 Å². The van der Waals surface area contributed by atoms with Crippen molar-refractivity contribution in [2.75, 3.05) is 32.1 Å². The van der Waals surface area contributed by atoms with Gasteiger partial charge in [0.25, 0.3) is 5.56 Å². The minimum absolute atomic E-state index is 0.135. The van der Waals surface area contributed by atoms with Crippen LogP contribution < -0.4 is 10.5 Å². The van der Waals surface area contributed by atoms with Crippen LogP contribution in [-0.2, 0) is 7.05 Å². The van der Waals surface area contributed by atoms with Crippen LogP contribution in [-0.4, -0.2) is 52.7 Å². The van der Waals surface area contributed by atoms with Crippen LogP contribution >= 0.6 is 0 Å². The molecule has 6 nitrogen and oxygen atoms in total. The lowest BCUT2D eigenvalue weighted by molar-refractivity contribution is 0.292. The average Bonchev–Trinajstić information content (AvgIpc) is 3.20. The normalized spacial score (nSPS) is 20.4. The molecule has 7 heteroatoms. The number of likely N-dealkylation sites (N-methyl/N-ethyl adjacent to an activating group) is 1. The minimum Gasteiger partial charge on any atom is -0.345 e. The van der Waals surface area contributed by atoms with Gasteiger partial charge in [0.05, 0.1) is 5.52 Å². The van der Waals surface area contributed by atoms with E-state index < -0.39 is 0 Å². The Kier molecular flexibility index (Phi) is 4.03. The summed E-state index contributed by atoms with van der Waals surface area (Å²) in [6.07, 6.45) is 1.84. The van der Waals surface area contributed by atoms with E-state index in [1.54, 1.807) is 4.57 Å². The third-order valence-corrected chi connectivity index (χ3v) is 5.27. The van der Waals surface area contributed by atoms with Crippen molar-refractivity contribution in [1.29, 1.82) is 0 Å². The number of nitrogens with one attached hydrogen (secondary N) is 1. The van der Waals surface area contributed by atoms with Gasteiger partial charge >= 0.3 is 0 Å². The number of rotatable bonds is 3. The molecule has 0 spiro atoms. The van der Waals surface area contributed by atoms with Crippen molar-refractivity contribution < 1.29 is 4.39 Å². The second kappa shape index (κ2) is 6.25. The summed E-state index contributed by atoms with van der Waals surface area (Å²) in [6.45, 7) is 1.46. The standard InChI is InChI=1S/C19H22FN5O/c1-23(2)16-11-25(10-14(16)12-4-6-13(20)7-5-12)19-21-15-8-9-24(3)17(15)18(26)22-19/h4-9,14,16H,10-11H2,1-3H3,(H,21,22,26)/t14-,16+/m0/s1. The summed E-state index contributed by atoms with van der Waals surface area (Å²) in [5.74, 6) is 0.568. The van der Waals surface area contributed by atoms with Gasteiger partial charge in [0, 0.05) is 38.3 Å². The summed E-state index contributed by atoms with van der Waals surface area (Å²) in [5, 5.41) is 0. The van der Waals surface area contributed by atoms with Gasteiger partial charge in [-0.25, -0.2) is 9.37 Å². The van der Waals surface area contributed by atoms with Crippen LogP contribution in [0.5, 0.6) is 0 Å². The van der Waals surface area contributed by atoms with Gasteiger partial charge in [-0.1, -0.05) is 12.1 Å². The molecule has 3 heterocycles. The second-order valence-corrected chi connectivity index (χ2v) is 7.14. The first-order chi connectivity index (χ1) is 12.4. The molecule has 4 rings (SSSR count). The Hall–Kier alpha value is -2.67. The highest BCUT2D eigenvalue weighted by Crippen LogP contribution is 2.32. The molecule has 0 aliphatic carbocycles. The van der Waals surface area contributed by atoms with Gasteiger partial charge in [-0.2, -0.15) is 0 Å². The second-order valence-electron chi connectivity index (χ2n) is 7.14. The van der Waals surface area contributed by atoms with E-state index in [1.165, 1.54) is 12.1 Å². The smallest absolute Gasteiger partial charge is 0.276 e. The summed E-state index contributed by atoms with van der Waals surface area (Å²) >= 11 is 0. The molecule has 0 saturated carbocycles. The molecule has 0 bridgehead atoms. The van der Waals surface area contributed by atoms with E-state index in [0.717, 1.165) is 18.7 Å². The monoisotopic (exact) mass is 355 g/mol. The molecular formula is C19H22FN5O. The van der Waals surface area contributed by atoms with Crippen LogP contribution in [0.25, 0.3) is 11.0 Å². The van der Waals surface area contributed by atoms with Crippen LogP contribution in [0.1, 0.15) is 11.5 Å². The molecule has 26 heavy (non-hydrogen) atoms. The van der Waals surface area contributed by atoms with Crippen LogP contribution in [0.4, 0.5) is 10.3 Å². The fourth-order valence-electron chi connectivity index (χ4n) is 3.86. The first kappa shape index (κ1) is 16.8. The molecule has 0 unspecified atom stereocenters. The number of nitrogens with zero attached hydrogens (tertiary/aromatic N) is 4. The number of fused-ring (bicyclic) bond motifs is 1. The third-order valence-electron chi connectivity index (χ3n) is 5.27. The molecule has 1 aromatic carbocycles. The van der Waals surface area contributed by atoms with Crippen molar-refractivity contribution in [1.82, 2.24) is 19.4 Å². The zero-order valence-electron chi connectivity index (χ0n) is 15.1. The summed E-state index contributed by atoms with van der Waals surface area (Å²) < 4.78 is 15.1. The quantitative estimate of drug-likeness (QED) is 0.780. The van der Waals surface area contributed by atoms with E-state index >= 15 is 0 Å². The van der Waals surface area contributed by atoms with Crippen LogP contribution in [0.2, 0.25) is 0 Å². The Labute approximate surface area is 150 Å². The molecule has 1 fully saturated rings. The van der Waals surface area contributed by atoms with E-state index in [2.05, 4.69) is 19.8 Å². The van der Waals surface area contributed by atoms with E-state index in [1.807, 2.05) is 45.5 Å². The number of halogens is 1. The SMILES string of the molecule is CN(C)[C@@H]1CN(c2nc3ccn(C)c3c(=O)[nH]2)C[C@H]1c1ccc(F)cc1. The van der Waals surface area contributed by atoms with Gasteiger partial charge in [0.15, 0.2) is 0 Å². The molecule has 1 aliphatic rings. The van der Waals surface area contributed by atoms with Crippen molar-refractivity contribution in [3.63, 3.8) is 0 Å². The predicted molar refractivity (Wildman–Crippen MR) is 100 cm³/mol. The summed E-state index contributed by atoms with van der Waals surface area (Å²) in [5.41, 5.74) is 2.23. The molecule has 136 valence electrons. The number of H-pyrrole nitrogens is 1. The molecule has 1 saturated heterocycles. The van der Waals surface area contributed by atoms with Gasteiger partial charge in [0.2, 0.25) is 5.95 Å². The molecule has 0 radical (unpaired) electrons. The van der Waals surface area contributed by atoms with Crippen LogP contribution in [0, 0.1) is 5.82 Å². The summed E-state index contributed by atoms with van der Waals surface area (Å²) in [7, 11) is 5.92. The lowest BCUT2D eigenvalue weighted by Crippen LogP contribution is -2.35. The van der Waals surface area contributed by atoms with Crippen molar-refractivity contribution in [3.05, 3.63) is 58.3 Å². The zero-order chi connectivity index (χ0) is 18.4. The Bertz CT molecular complexity index is 991. The molecular weight excluding hydrogens is 333 g/mol. The molecule has 1 aliphatic heterocycles. The van der Waals surface area contributed by atoms with Gasteiger partial charge in [-0.05, 0) is 37.9 Å². The van der Waals surface area contributed by atoms with E-state index in [-0.39, 0.29) is 23.3 Å². The van der Waals surface area contributed by atoms with Crippen molar-refractivity contribution >= 4 is 17.0 Å². The van der Waals surface area contributed by atoms with Gasteiger partial charge in [-0.15, -0.1) is 0 Å². The van der Waals surface area contributed by atoms with E-state index in [4.69, 9.17) is 0 Å². The number of aromatic nitrogens is 3. The third kappa shape index (κ3) is 2.78. The number of hydrogen-bond donors (Lipinski definition) is 1. The Morgan fingerprint density at radius 1 is 1.19 bits per heavy atom. The van der Waals surface area contributed by atoms with Crippen molar-refractivity contribution in [2.24, 2.45) is 7.05 Å². The molecule has 1 N–H and O–H groups in total. The highest BCUT2D eigenvalue weighted by atomic mass is 19.1.